The lowest BCUT2D eigenvalue weighted by Gasteiger charge is -2.18. The molecular weight excluding hydrogens is 398 g/mol. The molecule has 0 fully saturated rings. The Morgan fingerprint density at radius 1 is 1.06 bits per heavy atom. The monoisotopic (exact) mass is 423 g/mol. The highest BCUT2D eigenvalue weighted by Gasteiger charge is 2.23. The quantitative estimate of drug-likeness (QED) is 0.560. The zero-order valence-electron chi connectivity index (χ0n) is 17.7. The molecular formula is C23H25N3O5. The maximum Gasteiger partial charge on any atom is 0.338 e. The first-order valence-electron chi connectivity index (χ1n) is 9.96. The number of fused-ring (bicyclic) bond motifs is 1. The molecule has 0 radical (unpaired) electrons. The van der Waals surface area contributed by atoms with E-state index >= 15 is 0 Å². The standard InChI is InChI=1S/C23H25N3O5/c1-15(2)12-19(23(29)30-3)25-21(27)13-31-22(28)16-8-10-17(11-9-16)26-14-24-18-6-4-5-7-20(18)26/h4-11,14-15,19H,12-13H2,1-3H3,(H,25,27)/t19-/m1/s1. The van der Waals surface area contributed by atoms with Crippen LogP contribution in [-0.2, 0) is 19.1 Å². The fraction of sp³-hybridized carbons (Fsp3) is 0.304. The van der Waals surface area contributed by atoms with Crippen LogP contribution in [0.5, 0.6) is 0 Å². The number of hydrogen-bond acceptors (Lipinski definition) is 6. The maximum absolute atomic E-state index is 12.3. The van der Waals surface area contributed by atoms with Gasteiger partial charge in [-0.1, -0.05) is 26.0 Å². The zero-order chi connectivity index (χ0) is 22.4. The van der Waals surface area contributed by atoms with Crippen molar-refractivity contribution in [3.8, 4) is 5.69 Å². The van der Waals surface area contributed by atoms with E-state index < -0.39 is 30.5 Å². The van der Waals surface area contributed by atoms with Gasteiger partial charge in [-0.3, -0.25) is 9.36 Å². The SMILES string of the molecule is COC(=O)[C@@H](CC(C)C)NC(=O)COC(=O)c1ccc(-n2cnc3ccccc32)cc1. The Balaban J connectivity index is 1.59. The van der Waals surface area contributed by atoms with Crippen molar-refractivity contribution < 1.29 is 23.9 Å². The van der Waals surface area contributed by atoms with Crippen molar-refractivity contribution in [3.63, 3.8) is 0 Å². The summed E-state index contributed by atoms with van der Waals surface area (Å²) in [5, 5.41) is 2.55. The fourth-order valence-electron chi connectivity index (χ4n) is 3.20. The number of ether oxygens (including phenoxy) is 2. The first-order valence-corrected chi connectivity index (χ1v) is 9.96. The van der Waals surface area contributed by atoms with Crippen LogP contribution in [0.4, 0.5) is 0 Å². The minimum Gasteiger partial charge on any atom is -0.467 e. The van der Waals surface area contributed by atoms with Crippen molar-refractivity contribution in [2.24, 2.45) is 5.92 Å². The van der Waals surface area contributed by atoms with Gasteiger partial charge in [-0.25, -0.2) is 14.6 Å². The number of aromatic nitrogens is 2. The number of para-hydroxylation sites is 2. The van der Waals surface area contributed by atoms with Crippen molar-refractivity contribution in [3.05, 3.63) is 60.4 Å². The van der Waals surface area contributed by atoms with Crippen LogP contribution >= 0.6 is 0 Å². The number of rotatable bonds is 8. The lowest BCUT2D eigenvalue weighted by atomic mass is 10.0. The van der Waals surface area contributed by atoms with Crippen molar-refractivity contribution in [2.45, 2.75) is 26.3 Å². The molecule has 0 aliphatic carbocycles. The molecule has 0 saturated heterocycles. The van der Waals surface area contributed by atoms with E-state index in [4.69, 9.17) is 9.47 Å². The molecule has 0 saturated carbocycles. The molecule has 1 heterocycles. The minimum atomic E-state index is -0.777. The highest BCUT2D eigenvalue weighted by Crippen LogP contribution is 2.18. The summed E-state index contributed by atoms with van der Waals surface area (Å²) in [5.74, 6) is -1.55. The number of amides is 1. The Morgan fingerprint density at radius 3 is 2.45 bits per heavy atom. The molecule has 0 aliphatic rings. The number of hydrogen-bond donors (Lipinski definition) is 1. The first kappa shape index (κ1) is 22.0. The lowest BCUT2D eigenvalue weighted by molar-refractivity contribution is -0.145. The van der Waals surface area contributed by atoms with E-state index in [0.29, 0.717) is 12.0 Å². The molecule has 2 aromatic carbocycles. The second kappa shape index (κ2) is 9.88. The highest BCUT2D eigenvalue weighted by atomic mass is 16.5. The van der Waals surface area contributed by atoms with Crippen LogP contribution < -0.4 is 5.32 Å². The number of nitrogens with zero attached hydrogens (tertiary/aromatic N) is 2. The summed E-state index contributed by atoms with van der Waals surface area (Å²) < 4.78 is 11.7. The summed E-state index contributed by atoms with van der Waals surface area (Å²) >= 11 is 0. The van der Waals surface area contributed by atoms with E-state index in [0.717, 1.165) is 16.7 Å². The third-order valence-corrected chi connectivity index (χ3v) is 4.70. The predicted octanol–water partition coefficient (Wildman–Crippen LogP) is 2.89. The number of imidazole rings is 1. The summed E-state index contributed by atoms with van der Waals surface area (Å²) in [5.41, 5.74) is 2.99. The van der Waals surface area contributed by atoms with Gasteiger partial charge in [0.25, 0.3) is 5.91 Å². The predicted molar refractivity (Wildman–Crippen MR) is 115 cm³/mol. The van der Waals surface area contributed by atoms with E-state index in [2.05, 4.69) is 10.3 Å². The van der Waals surface area contributed by atoms with Gasteiger partial charge in [0.2, 0.25) is 0 Å². The fourth-order valence-corrected chi connectivity index (χ4v) is 3.20. The number of nitrogens with one attached hydrogen (secondary N) is 1. The molecule has 1 amide bonds. The van der Waals surface area contributed by atoms with Crippen molar-refractivity contribution in [2.75, 3.05) is 13.7 Å². The second-order valence-corrected chi connectivity index (χ2v) is 7.50. The van der Waals surface area contributed by atoms with Gasteiger partial charge in [0, 0.05) is 5.69 Å². The molecule has 0 unspecified atom stereocenters. The summed E-state index contributed by atoms with van der Waals surface area (Å²) in [4.78, 5) is 40.6. The summed E-state index contributed by atoms with van der Waals surface area (Å²) in [6.45, 7) is 3.37. The summed E-state index contributed by atoms with van der Waals surface area (Å²) in [6.07, 6.45) is 2.15. The topological polar surface area (TPSA) is 99.5 Å². The molecule has 1 aromatic heterocycles. The van der Waals surface area contributed by atoms with Gasteiger partial charge in [-0.15, -0.1) is 0 Å². The molecule has 8 nitrogen and oxygen atoms in total. The number of carbonyl (C=O) groups is 3. The highest BCUT2D eigenvalue weighted by molar-refractivity contribution is 5.92. The largest absolute Gasteiger partial charge is 0.467 e. The average molecular weight is 423 g/mol. The molecule has 1 N–H and O–H groups in total. The molecule has 31 heavy (non-hydrogen) atoms. The Hall–Kier alpha value is -3.68. The van der Waals surface area contributed by atoms with Crippen molar-refractivity contribution in [1.29, 1.82) is 0 Å². The lowest BCUT2D eigenvalue weighted by Crippen LogP contribution is -2.44. The van der Waals surface area contributed by atoms with Crippen LogP contribution in [0.2, 0.25) is 0 Å². The molecule has 162 valence electrons. The van der Waals surface area contributed by atoms with Gasteiger partial charge in [0.15, 0.2) is 6.61 Å². The Kier molecular flexibility index (Phi) is 7.02. The Labute approximate surface area is 180 Å². The number of carbonyl (C=O) groups excluding carboxylic acids is 3. The van der Waals surface area contributed by atoms with Gasteiger partial charge in [-0.2, -0.15) is 0 Å². The molecule has 1 atom stereocenters. The van der Waals surface area contributed by atoms with Gasteiger partial charge >= 0.3 is 11.9 Å². The van der Waals surface area contributed by atoms with Gasteiger partial charge < -0.3 is 14.8 Å². The van der Waals surface area contributed by atoms with E-state index in [1.807, 2.05) is 42.7 Å². The van der Waals surface area contributed by atoms with Gasteiger partial charge in [0.1, 0.15) is 12.4 Å². The molecule has 3 aromatic rings. The third kappa shape index (κ3) is 5.48. The second-order valence-electron chi connectivity index (χ2n) is 7.50. The molecule has 0 aliphatic heterocycles. The van der Waals surface area contributed by atoms with E-state index in [1.165, 1.54) is 7.11 Å². The third-order valence-electron chi connectivity index (χ3n) is 4.70. The summed E-state index contributed by atoms with van der Waals surface area (Å²) in [7, 11) is 1.26. The maximum atomic E-state index is 12.3. The molecule has 3 rings (SSSR count). The Morgan fingerprint density at radius 2 is 1.77 bits per heavy atom. The molecule has 0 spiro atoms. The average Bonchev–Trinajstić information content (AvgIpc) is 3.20. The number of methoxy groups -OCH3 is 1. The van der Waals surface area contributed by atoms with E-state index in [1.54, 1.807) is 30.6 Å². The molecule has 8 heteroatoms. The molecule has 0 bridgehead atoms. The van der Waals surface area contributed by atoms with Crippen LogP contribution in [0.15, 0.2) is 54.9 Å². The van der Waals surface area contributed by atoms with Crippen LogP contribution in [0, 0.1) is 5.92 Å². The van der Waals surface area contributed by atoms with Gasteiger partial charge in [-0.05, 0) is 48.7 Å². The Bertz CT molecular complexity index is 1070. The van der Waals surface area contributed by atoms with Crippen LogP contribution in [0.1, 0.15) is 30.6 Å². The van der Waals surface area contributed by atoms with Crippen LogP contribution in [0.3, 0.4) is 0 Å². The van der Waals surface area contributed by atoms with E-state index in [9.17, 15) is 14.4 Å². The normalized spacial score (nSPS) is 11.9. The van der Waals surface area contributed by atoms with Crippen LogP contribution in [0.25, 0.3) is 16.7 Å². The number of benzene rings is 2. The summed E-state index contributed by atoms with van der Waals surface area (Å²) in [6, 6.07) is 13.8. The van der Waals surface area contributed by atoms with Gasteiger partial charge in [0.05, 0.1) is 23.7 Å². The number of esters is 2. The minimum absolute atomic E-state index is 0.179. The zero-order valence-corrected chi connectivity index (χ0v) is 17.7. The smallest absolute Gasteiger partial charge is 0.338 e. The van der Waals surface area contributed by atoms with E-state index in [-0.39, 0.29) is 5.92 Å². The van der Waals surface area contributed by atoms with Crippen molar-refractivity contribution >= 4 is 28.9 Å². The first-order chi connectivity index (χ1) is 14.9. The van der Waals surface area contributed by atoms with Crippen molar-refractivity contribution in [1.82, 2.24) is 14.9 Å². The van der Waals surface area contributed by atoms with Crippen LogP contribution in [-0.4, -0.2) is 47.2 Å².